The van der Waals surface area contributed by atoms with E-state index in [1.54, 1.807) is 11.0 Å². The van der Waals surface area contributed by atoms with Gasteiger partial charge in [0.2, 0.25) is 5.91 Å². The third kappa shape index (κ3) is 3.26. The molecule has 0 saturated heterocycles. The fourth-order valence-electron chi connectivity index (χ4n) is 2.65. The molecule has 1 heterocycles. The molecular weight excluding hydrogens is 264 g/mol. The first-order valence-corrected chi connectivity index (χ1v) is 7.57. The molecule has 0 spiro atoms. The molecule has 2 rings (SSSR count). The van der Waals surface area contributed by atoms with E-state index in [9.17, 15) is 9.59 Å². The summed E-state index contributed by atoms with van der Waals surface area (Å²) in [4.78, 5) is 26.9. The quantitative estimate of drug-likeness (QED) is 0.926. The molecule has 1 atom stereocenters. The van der Waals surface area contributed by atoms with Crippen molar-refractivity contribution in [3.05, 3.63) is 35.4 Å². The molecule has 0 aromatic heterocycles. The minimum absolute atomic E-state index is 0.0342. The Hall–Kier alpha value is -1.84. The molecule has 1 aliphatic heterocycles. The van der Waals surface area contributed by atoms with Gasteiger partial charge in [0, 0.05) is 17.6 Å². The predicted octanol–water partition coefficient (Wildman–Crippen LogP) is 2.90. The molecule has 2 amide bonds. The van der Waals surface area contributed by atoms with E-state index in [2.05, 4.69) is 12.2 Å². The number of carbonyl (C=O) groups excluding carboxylic acids is 2. The molecule has 4 nitrogen and oxygen atoms in total. The summed E-state index contributed by atoms with van der Waals surface area (Å²) in [6, 6.07) is 6.91. The summed E-state index contributed by atoms with van der Waals surface area (Å²) in [6.45, 7) is 8.54. The Morgan fingerprint density at radius 3 is 2.57 bits per heavy atom. The normalized spacial score (nSPS) is 17.8. The second-order valence-electron chi connectivity index (χ2n) is 6.58. The van der Waals surface area contributed by atoms with Crippen molar-refractivity contribution < 1.29 is 9.59 Å². The molecule has 0 aliphatic carbocycles. The van der Waals surface area contributed by atoms with E-state index < -0.39 is 6.04 Å². The third-order valence-electron chi connectivity index (χ3n) is 3.56. The van der Waals surface area contributed by atoms with E-state index in [1.165, 1.54) is 0 Å². The average Bonchev–Trinajstić information content (AvgIpc) is 2.68. The van der Waals surface area contributed by atoms with Crippen LogP contribution >= 0.6 is 0 Å². The lowest BCUT2D eigenvalue weighted by Crippen LogP contribution is -2.47. The van der Waals surface area contributed by atoms with E-state index in [1.807, 2.05) is 39.0 Å². The van der Waals surface area contributed by atoms with Crippen LogP contribution in [-0.4, -0.2) is 28.8 Å². The number of carbonyl (C=O) groups is 2. The molecule has 0 fully saturated rings. The molecule has 1 aliphatic rings. The van der Waals surface area contributed by atoms with Crippen molar-refractivity contribution in [3.63, 3.8) is 0 Å². The number of hydrogen-bond donors (Lipinski definition) is 1. The van der Waals surface area contributed by atoms with Crippen molar-refractivity contribution in [1.82, 2.24) is 10.2 Å². The van der Waals surface area contributed by atoms with E-state index in [0.717, 1.165) is 18.4 Å². The fraction of sp³-hybridized carbons (Fsp3) is 0.529. The summed E-state index contributed by atoms with van der Waals surface area (Å²) < 4.78 is 0. The minimum atomic E-state index is -0.500. The Kier molecular flexibility index (Phi) is 4.35. The summed E-state index contributed by atoms with van der Waals surface area (Å²) in [5.74, 6) is -0.134. The van der Waals surface area contributed by atoms with Gasteiger partial charge in [-0.3, -0.25) is 9.59 Å². The minimum Gasteiger partial charge on any atom is -0.349 e. The zero-order valence-corrected chi connectivity index (χ0v) is 13.3. The van der Waals surface area contributed by atoms with Gasteiger partial charge in [0.05, 0.1) is 0 Å². The Morgan fingerprint density at radius 2 is 1.95 bits per heavy atom. The van der Waals surface area contributed by atoms with Crippen molar-refractivity contribution in [2.45, 2.75) is 52.1 Å². The van der Waals surface area contributed by atoms with Crippen LogP contribution in [0.1, 0.15) is 62.5 Å². The molecule has 21 heavy (non-hydrogen) atoms. The molecule has 0 saturated carbocycles. The van der Waals surface area contributed by atoms with Crippen LogP contribution in [0.25, 0.3) is 0 Å². The molecule has 4 heteroatoms. The fourth-order valence-corrected chi connectivity index (χ4v) is 2.65. The average molecular weight is 288 g/mol. The smallest absolute Gasteiger partial charge is 0.255 e. The van der Waals surface area contributed by atoms with Gasteiger partial charge in [-0.2, -0.15) is 0 Å². The lowest BCUT2D eigenvalue weighted by molar-refractivity contribution is -0.127. The maximum atomic E-state index is 12.6. The molecule has 1 aromatic carbocycles. The summed E-state index contributed by atoms with van der Waals surface area (Å²) in [5.41, 5.74) is 1.16. The highest BCUT2D eigenvalue weighted by molar-refractivity contribution is 6.04. The first-order valence-electron chi connectivity index (χ1n) is 7.57. The van der Waals surface area contributed by atoms with Crippen LogP contribution in [0.2, 0.25) is 0 Å². The standard InChI is InChI=1S/C17H24N2O2/c1-5-6-11-19-14(15(20)18-17(2,3)4)12-9-7-8-10-13(12)16(19)21/h7-10,14H,5-6,11H2,1-4H3,(H,18,20). The summed E-state index contributed by atoms with van der Waals surface area (Å²) in [6.07, 6.45) is 1.90. The van der Waals surface area contributed by atoms with E-state index in [0.29, 0.717) is 12.1 Å². The van der Waals surface area contributed by atoms with Crippen LogP contribution in [0.15, 0.2) is 24.3 Å². The highest BCUT2D eigenvalue weighted by Crippen LogP contribution is 2.34. The van der Waals surface area contributed by atoms with Gasteiger partial charge in [-0.1, -0.05) is 31.5 Å². The van der Waals surface area contributed by atoms with Crippen molar-refractivity contribution in [1.29, 1.82) is 0 Å². The lowest BCUT2D eigenvalue weighted by atomic mass is 10.0. The number of rotatable bonds is 4. The van der Waals surface area contributed by atoms with Gasteiger partial charge >= 0.3 is 0 Å². The largest absolute Gasteiger partial charge is 0.349 e. The van der Waals surface area contributed by atoms with Crippen LogP contribution in [0.5, 0.6) is 0 Å². The highest BCUT2D eigenvalue weighted by Gasteiger charge is 2.41. The van der Waals surface area contributed by atoms with Gasteiger partial charge in [0.25, 0.3) is 5.91 Å². The topological polar surface area (TPSA) is 49.4 Å². The first-order chi connectivity index (χ1) is 9.85. The second-order valence-corrected chi connectivity index (χ2v) is 6.58. The molecule has 1 aromatic rings. The molecular formula is C17H24N2O2. The van der Waals surface area contributed by atoms with Crippen LogP contribution in [0.3, 0.4) is 0 Å². The lowest BCUT2D eigenvalue weighted by Gasteiger charge is -2.28. The Labute approximate surface area is 126 Å². The Morgan fingerprint density at radius 1 is 1.29 bits per heavy atom. The third-order valence-corrected chi connectivity index (χ3v) is 3.56. The number of amides is 2. The van der Waals surface area contributed by atoms with Gasteiger partial charge in [-0.15, -0.1) is 0 Å². The summed E-state index contributed by atoms with van der Waals surface area (Å²) >= 11 is 0. The zero-order chi connectivity index (χ0) is 15.6. The molecule has 114 valence electrons. The maximum Gasteiger partial charge on any atom is 0.255 e. The molecule has 0 radical (unpaired) electrons. The Bertz CT molecular complexity index is 546. The summed E-state index contributed by atoms with van der Waals surface area (Å²) in [5, 5.41) is 3.00. The second kappa shape index (κ2) is 5.88. The van der Waals surface area contributed by atoms with Crippen LogP contribution < -0.4 is 5.32 Å². The molecule has 1 N–H and O–H groups in total. The van der Waals surface area contributed by atoms with E-state index in [4.69, 9.17) is 0 Å². The van der Waals surface area contributed by atoms with Crippen LogP contribution in [-0.2, 0) is 4.79 Å². The number of unbranched alkanes of at least 4 members (excludes halogenated alkanes) is 1. The molecule has 0 bridgehead atoms. The van der Waals surface area contributed by atoms with Gasteiger partial charge in [-0.05, 0) is 38.8 Å². The monoisotopic (exact) mass is 288 g/mol. The van der Waals surface area contributed by atoms with Crippen LogP contribution in [0, 0.1) is 0 Å². The maximum absolute atomic E-state index is 12.6. The number of benzene rings is 1. The van der Waals surface area contributed by atoms with Crippen molar-refractivity contribution in [3.8, 4) is 0 Å². The van der Waals surface area contributed by atoms with Crippen molar-refractivity contribution >= 4 is 11.8 Å². The van der Waals surface area contributed by atoms with Gasteiger partial charge in [0.15, 0.2) is 0 Å². The van der Waals surface area contributed by atoms with Gasteiger partial charge in [0.1, 0.15) is 6.04 Å². The SMILES string of the molecule is CCCCN1C(=O)c2ccccc2C1C(=O)NC(C)(C)C. The number of nitrogens with zero attached hydrogens (tertiary/aromatic N) is 1. The first kappa shape index (κ1) is 15.5. The van der Waals surface area contributed by atoms with Crippen molar-refractivity contribution in [2.75, 3.05) is 6.54 Å². The molecule has 1 unspecified atom stereocenters. The number of fused-ring (bicyclic) bond motifs is 1. The van der Waals surface area contributed by atoms with Gasteiger partial charge in [-0.25, -0.2) is 0 Å². The number of nitrogens with one attached hydrogen (secondary N) is 1. The van der Waals surface area contributed by atoms with Crippen molar-refractivity contribution in [2.24, 2.45) is 0 Å². The number of hydrogen-bond acceptors (Lipinski definition) is 2. The Balaban J connectivity index is 2.33. The van der Waals surface area contributed by atoms with Gasteiger partial charge < -0.3 is 10.2 Å². The summed E-state index contributed by atoms with van der Waals surface area (Å²) in [7, 11) is 0. The van der Waals surface area contributed by atoms with Crippen LogP contribution in [0.4, 0.5) is 0 Å². The predicted molar refractivity (Wildman–Crippen MR) is 83.0 cm³/mol. The van der Waals surface area contributed by atoms with E-state index >= 15 is 0 Å². The van der Waals surface area contributed by atoms with E-state index in [-0.39, 0.29) is 17.4 Å². The zero-order valence-electron chi connectivity index (χ0n) is 13.3. The highest BCUT2D eigenvalue weighted by atomic mass is 16.2.